The van der Waals surface area contributed by atoms with Gasteiger partial charge in [-0.15, -0.1) is 0 Å². The fourth-order valence-corrected chi connectivity index (χ4v) is 4.25. The number of fused-ring (bicyclic) bond motifs is 2. The van der Waals surface area contributed by atoms with Crippen LogP contribution in [0.25, 0.3) is 11.1 Å². The zero-order chi connectivity index (χ0) is 18.5. The van der Waals surface area contributed by atoms with Gasteiger partial charge in [-0.25, -0.2) is 4.39 Å². The van der Waals surface area contributed by atoms with Gasteiger partial charge in [0, 0.05) is 6.04 Å². The SMILES string of the molecule is Cc1ccc(-c2ccsc2)cc1F.N#CCNC(=O)[C@H]1N[C@@H]2CCC1C2. The Labute approximate surface area is 157 Å². The molecule has 1 aliphatic heterocycles. The summed E-state index contributed by atoms with van der Waals surface area (Å²) in [5, 5.41) is 18.2. The van der Waals surface area contributed by atoms with Crippen molar-refractivity contribution in [2.75, 3.05) is 6.54 Å². The van der Waals surface area contributed by atoms with E-state index in [1.807, 2.05) is 35.0 Å². The third kappa shape index (κ3) is 4.29. The minimum atomic E-state index is -0.135. The van der Waals surface area contributed by atoms with E-state index in [0.29, 0.717) is 17.5 Å². The quantitative estimate of drug-likeness (QED) is 0.810. The molecule has 1 saturated heterocycles. The number of carbonyl (C=O) groups is 1. The fourth-order valence-electron chi connectivity index (χ4n) is 3.59. The molecule has 1 amide bonds. The van der Waals surface area contributed by atoms with E-state index in [0.717, 1.165) is 24.0 Å². The molecule has 1 aromatic heterocycles. The van der Waals surface area contributed by atoms with Crippen LogP contribution in [0.1, 0.15) is 24.8 Å². The minimum Gasteiger partial charge on any atom is -0.342 e. The molecule has 0 radical (unpaired) electrons. The Morgan fingerprint density at radius 3 is 2.81 bits per heavy atom. The summed E-state index contributed by atoms with van der Waals surface area (Å²) in [6, 6.07) is 9.74. The summed E-state index contributed by atoms with van der Waals surface area (Å²) in [6.45, 7) is 1.89. The van der Waals surface area contributed by atoms with Gasteiger partial charge in [-0.2, -0.15) is 16.6 Å². The van der Waals surface area contributed by atoms with E-state index >= 15 is 0 Å². The number of carbonyl (C=O) groups excluding carboxylic acids is 1. The van der Waals surface area contributed by atoms with Gasteiger partial charge < -0.3 is 10.6 Å². The molecular weight excluding hydrogens is 349 g/mol. The van der Waals surface area contributed by atoms with E-state index in [1.54, 1.807) is 24.3 Å². The van der Waals surface area contributed by atoms with Crippen LogP contribution in [-0.2, 0) is 4.79 Å². The van der Waals surface area contributed by atoms with Crippen molar-refractivity contribution in [3.8, 4) is 17.2 Å². The van der Waals surface area contributed by atoms with Crippen molar-refractivity contribution in [3.63, 3.8) is 0 Å². The predicted molar refractivity (Wildman–Crippen MR) is 101 cm³/mol. The molecule has 6 heteroatoms. The maximum atomic E-state index is 13.2. The molecule has 2 N–H and O–H groups in total. The predicted octanol–water partition coefficient (Wildman–Crippen LogP) is 3.63. The second-order valence-electron chi connectivity index (χ2n) is 6.77. The lowest BCUT2D eigenvalue weighted by Gasteiger charge is -2.21. The van der Waals surface area contributed by atoms with Gasteiger partial charge in [-0.05, 0) is 71.7 Å². The van der Waals surface area contributed by atoms with Crippen LogP contribution < -0.4 is 10.6 Å². The Bertz CT molecular complexity index is 800. The molecule has 4 rings (SSSR count). The van der Waals surface area contributed by atoms with Crippen molar-refractivity contribution in [2.24, 2.45) is 5.92 Å². The van der Waals surface area contributed by atoms with E-state index in [-0.39, 0.29) is 24.3 Å². The molecule has 2 bridgehead atoms. The summed E-state index contributed by atoms with van der Waals surface area (Å²) in [6.07, 6.45) is 3.49. The van der Waals surface area contributed by atoms with Gasteiger partial charge in [0.25, 0.3) is 0 Å². The van der Waals surface area contributed by atoms with E-state index in [1.165, 1.54) is 6.42 Å². The molecule has 1 aliphatic carbocycles. The summed E-state index contributed by atoms with van der Waals surface area (Å²) in [5.74, 6) is 0.362. The highest BCUT2D eigenvalue weighted by atomic mass is 32.1. The zero-order valence-corrected chi connectivity index (χ0v) is 15.5. The van der Waals surface area contributed by atoms with Crippen LogP contribution in [0.15, 0.2) is 35.0 Å². The Morgan fingerprint density at radius 2 is 2.23 bits per heavy atom. The van der Waals surface area contributed by atoms with Gasteiger partial charge in [0.05, 0.1) is 12.1 Å². The van der Waals surface area contributed by atoms with Crippen molar-refractivity contribution >= 4 is 17.2 Å². The molecule has 1 aromatic carbocycles. The number of hydrogen-bond donors (Lipinski definition) is 2. The number of benzene rings is 1. The molecule has 26 heavy (non-hydrogen) atoms. The smallest absolute Gasteiger partial charge is 0.238 e. The maximum Gasteiger partial charge on any atom is 0.238 e. The summed E-state index contributed by atoms with van der Waals surface area (Å²) in [7, 11) is 0. The number of nitriles is 1. The second-order valence-corrected chi connectivity index (χ2v) is 7.55. The number of rotatable bonds is 3. The van der Waals surface area contributed by atoms with Gasteiger partial charge in [-0.1, -0.05) is 12.1 Å². The lowest BCUT2D eigenvalue weighted by molar-refractivity contribution is -0.123. The van der Waals surface area contributed by atoms with Crippen LogP contribution in [0.2, 0.25) is 0 Å². The van der Waals surface area contributed by atoms with Gasteiger partial charge >= 0.3 is 0 Å². The fraction of sp³-hybridized carbons (Fsp3) is 0.400. The molecule has 4 nitrogen and oxygen atoms in total. The summed E-state index contributed by atoms with van der Waals surface area (Å²) in [4.78, 5) is 11.5. The van der Waals surface area contributed by atoms with Crippen molar-refractivity contribution in [2.45, 2.75) is 38.3 Å². The third-order valence-electron chi connectivity index (χ3n) is 5.01. The summed E-state index contributed by atoms with van der Waals surface area (Å²) < 4.78 is 13.2. The van der Waals surface area contributed by atoms with E-state index < -0.39 is 0 Å². The molecule has 136 valence electrons. The number of piperidine rings is 1. The van der Waals surface area contributed by atoms with Crippen molar-refractivity contribution in [1.82, 2.24) is 10.6 Å². The maximum absolute atomic E-state index is 13.2. The van der Waals surface area contributed by atoms with E-state index in [9.17, 15) is 9.18 Å². The third-order valence-corrected chi connectivity index (χ3v) is 5.69. The van der Waals surface area contributed by atoms with Crippen molar-refractivity contribution < 1.29 is 9.18 Å². The first-order valence-electron chi connectivity index (χ1n) is 8.78. The lowest BCUT2D eigenvalue weighted by Crippen LogP contribution is -2.47. The highest BCUT2D eigenvalue weighted by Crippen LogP contribution is 2.35. The molecule has 0 spiro atoms. The van der Waals surface area contributed by atoms with Gasteiger partial charge in [-0.3, -0.25) is 4.79 Å². The Morgan fingerprint density at radius 1 is 1.38 bits per heavy atom. The van der Waals surface area contributed by atoms with Crippen LogP contribution in [0.4, 0.5) is 4.39 Å². The highest BCUT2D eigenvalue weighted by molar-refractivity contribution is 7.08. The average Bonchev–Trinajstić information content (AvgIpc) is 3.40. The molecule has 2 heterocycles. The van der Waals surface area contributed by atoms with Crippen molar-refractivity contribution in [3.05, 3.63) is 46.4 Å². The van der Waals surface area contributed by atoms with Gasteiger partial charge in [0.15, 0.2) is 0 Å². The molecule has 1 unspecified atom stereocenters. The first-order chi connectivity index (χ1) is 12.6. The largest absolute Gasteiger partial charge is 0.342 e. The first-order valence-corrected chi connectivity index (χ1v) is 9.72. The highest BCUT2D eigenvalue weighted by Gasteiger charge is 2.42. The minimum absolute atomic E-state index is 0.00579. The first kappa shape index (κ1) is 18.6. The lowest BCUT2D eigenvalue weighted by atomic mass is 9.99. The Kier molecular flexibility index (Phi) is 6.02. The summed E-state index contributed by atoms with van der Waals surface area (Å²) >= 11 is 1.62. The number of nitrogens with zero attached hydrogens (tertiary/aromatic N) is 1. The van der Waals surface area contributed by atoms with Crippen LogP contribution in [-0.4, -0.2) is 24.5 Å². The van der Waals surface area contributed by atoms with Crippen molar-refractivity contribution in [1.29, 1.82) is 5.26 Å². The number of hydrogen-bond acceptors (Lipinski definition) is 4. The molecule has 1 saturated carbocycles. The molecule has 3 atom stereocenters. The van der Waals surface area contributed by atoms with Crippen LogP contribution >= 0.6 is 11.3 Å². The van der Waals surface area contributed by atoms with Gasteiger partial charge in [0.2, 0.25) is 5.91 Å². The Balaban J connectivity index is 0.000000151. The van der Waals surface area contributed by atoms with Crippen LogP contribution in [0.5, 0.6) is 0 Å². The van der Waals surface area contributed by atoms with E-state index in [2.05, 4.69) is 10.6 Å². The monoisotopic (exact) mass is 371 g/mol. The Hall–Kier alpha value is -2.23. The number of amides is 1. The van der Waals surface area contributed by atoms with Gasteiger partial charge in [0.1, 0.15) is 12.4 Å². The molecule has 2 fully saturated rings. The van der Waals surface area contributed by atoms with Crippen LogP contribution in [0, 0.1) is 30.0 Å². The normalized spacial score (nSPS) is 23.0. The second kappa shape index (κ2) is 8.43. The van der Waals surface area contributed by atoms with Crippen LogP contribution in [0.3, 0.4) is 0 Å². The summed E-state index contributed by atoms with van der Waals surface area (Å²) in [5.41, 5.74) is 2.73. The number of aryl methyl sites for hydroxylation is 1. The standard InChI is InChI=1S/C11H9FS.C9H13N3O/c1-8-2-3-9(6-11(8)12)10-4-5-13-7-10;10-3-4-11-9(13)8-6-1-2-7(5-6)12-8/h2-7H,1H3;6-8,12H,1-2,4-5H2,(H,11,13)/t;6?,7-,8+/m.1/s1. The molecule has 2 aliphatic rings. The average molecular weight is 371 g/mol. The molecular formula is C20H22FN3OS. The zero-order valence-electron chi connectivity index (χ0n) is 14.7. The topological polar surface area (TPSA) is 64.9 Å². The van der Waals surface area contributed by atoms with E-state index in [4.69, 9.17) is 5.26 Å². The number of nitrogens with one attached hydrogen (secondary N) is 2. The number of halogens is 1. The number of thiophene rings is 1. The molecule has 2 aromatic rings.